The molecule has 10 heteroatoms. The second kappa shape index (κ2) is 14.3. The number of aldehydes is 1. The molecular formula is C40H45FN4O5. The molecule has 1 atom stereocenters. The minimum absolute atomic E-state index is 0.152. The van der Waals surface area contributed by atoms with Gasteiger partial charge in [0.2, 0.25) is 5.91 Å². The highest BCUT2D eigenvalue weighted by atomic mass is 19.1. The van der Waals surface area contributed by atoms with Crippen LogP contribution in [0.4, 0.5) is 15.8 Å². The molecule has 2 N–H and O–H groups in total. The lowest BCUT2D eigenvalue weighted by atomic mass is 9.89. The molecule has 1 aromatic heterocycles. The number of carbonyl (C=O) groups is 2. The quantitative estimate of drug-likeness (QED) is 0.0842. The SMILES string of the molecule is CNc1ccc(Oc2ccnc3cc(OCCCN4CC(C5CC5)C5(CC5)C4)c(OC)cc23)c(F)c1.O=CC1(C(=O)Nc2ccccc2)CC1. The highest BCUT2D eigenvalue weighted by Crippen LogP contribution is 2.62. The van der Waals surface area contributed by atoms with Crippen LogP contribution < -0.4 is 24.8 Å². The number of methoxy groups -OCH3 is 1. The van der Waals surface area contributed by atoms with Gasteiger partial charge < -0.3 is 34.5 Å². The number of hydrogen-bond acceptors (Lipinski definition) is 8. The summed E-state index contributed by atoms with van der Waals surface area (Å²) in [6, 6.07) is 19.4. The first kappa shape index (κ1) is 33.8. The van der Waals surface area contributed by atoms with Crippen molar-refractivity contribution in [3.8, 4) is 23.0 Å². The Morgan fingerprint density at radius 1 is 0.980 bits per heavy atom. The molecule has 3 saturated carbocycles. The van der Waals surface area contributed by atoms with Gasteiger partial charge >= 0.3 is 0 Å². The van der Waals surface area contributed by atoms with E-state index >= 15 is 0 Å². The van der Waals surface area contributed by atoms with Crippen molar-refractivity contribution in [2.24, 2.45) is 22.7 Å². The van der Waals surface area contributed by atoms with Gasteiger partial charge in [-0.25, -0.2) is 4.39 Å². The third-order valence-electron chi connectivity index (χ3n) is 10.7. The van der Waals surface area contributed by atoms with E-state index in [1.807, 2.05) is 30.3 Å². The van der Waals surface area contributed by atoms with Gasteiger partial charge in [-0.15, -0.1) is 0 Å². The van der Waals surface area contributed by atoms with Crippen LogP contribution in [0.5, 0.6) is 23.0 Å². The van der Waals surface area contributed by atoms with E-state index in [4.69, 9.17) is 14.2 Å². The Morgan fingerprint density at radius 3 is 2.44 bits per heavy atom. The Morgan fingerprint density at radius 2 is 1.78 bits per heavy atom. The minimum atomic E-state index is -0.726. The number of amides is 1. The Hall–Kier alpha value is -4.70. The Bertz CT molecular complexity index is 1840. The maximum atomic E-state index is 14.5. The molecule has 3 aliphatic carbocycles. The predicted octanol–water partition coefficient (Wildman–Crippen LogP) is 7.71. The number of carbonyl (C=O) groups excluding carboxylic acids is 2. The third-order valence-corrected chi connectivity index (χ3v) is 10.7. The monoisotopic (exact) mass is 680 g/mol. The van der Waals surface area contributed by atoms with Crippen molar-refractivity contribution in [2.45, 2.75) is 44.9 Å². The number of nitrogens with one attached hydrogen (secondary N) is 2. The van der Waals surface area contributed by atoms with Crippen LogP contribution in [-0.4, -0.2) is 62.5 Å². The van der Waals surface area contributed by atoms with Crippen LogP contribution in [0.1, 0.15) is 44.9 Å². The number of ether oxygens (including phenoxy) is 3. The van der Waals surface area contributed by atoms with E-state index in [2.05, 4.69) is 20.5 Å². The predicted molar refractivity (Wildman–Crippen MR) is 192 cm³/mol. The van der Waals surface area contributed by atoms with Crippen LogP contribution in [0.15, 0.2) is 72.9 Å². The maximum Gasteiger partial charge on any atom is 0.237 e. The van der Waals surface area contributed by atoms with Gasteiger partial charge in [0.05, 0.1) is 19.2 Å². The van der Waals surface area contributed by atoms with E-state index in [1.165, 1.54) is 44.8 Å². The van der Waals surface area contributed by atoms with Crippen LogP contribution in [0.3, 0.4) is 0 Å². The van der Waals surface area contributed by atoms with Gasteiger partial charge in [0.1, 0.15) is 17.5 Å². The second-order valence-electron chi connectivity index (χ2n) is 14.2. The van der Waals surface area contributed by atoms with Gasteiger partial charge in [0.15, 0.2) is 23.1 Å². The fourth-order valence-corrected chi connectivity index (χ4v) is 7.23. The summed E-state index contributed by atoms with van der Waals surface area (Å²) in [4.78, 5) is 29.4. The molecule has 8 rings (SSSR count). The topological polar surface area (TPSA) is 102 Å². The highest BCUT2D eigenvalue weighted by molar-refractivity contribution is 6.07. The number of anilines is 2. The molecule has 2 heterocycles. The summed E-state index contributed by atoms with van der Waals surface area (Å²) in [7, 11) is 3.37. The largest absolute Gasteiger partial charge is 0.493 e. The van der Waals surface area contributed by atoms with Gasteiger partial charge in [-0.1, -0.05) is 18.2 Å². The molecule has 4 aliphatic rings. The molecule has 0 radical (unpaired) electrons. The fraction of sp³-hybridized carbons (Fsp3) is 0.425. The van der Waals surface area contributed by atoms with Crippen LogP contribution in [0.2, 0.25) is 0 Å². The molecule has 9 nitrogen and oxygen atoms in total. The summed E-state index contributed by atoms with van der Waals surface area (Å²) in [6.07, 6.45) is 10.5. The van der Waals surface area contributed by atoms with Crippen LogP contribution in [0, 0.1) is 28.5 Å². The van der Waals surface area contributed by atoms with Crippen molar-refractivity contribution in [1.29, 1.82) is 0 Å². The lowest BCUT2D eigenvalue weighted by Gasteiger charge is -2.17. The van der Waals surface area contributed by atoms with E-state index in [0.717, 1.165) is 42.2 Å². The molecule has 1 unspecified atom stereocenters. The summed E-state index contributed by atoms with van der Waals surface area (Å²) in [5.41, 5.74) is 2.06. The number of rotatable bonds is 13. The normalized spacial score (nSPS) is 19.6. The van der Waals surface area contributed by atoms with Gasteiger partial charge in [0, 0.05) is 61.8 Å². The number of fused-ring (bicyclic) bond motifs is 1. The van der Waals surface area contributed by atoms with Crippen molar-refractivity contribution in [3.63, 3.8) is 0 Å². The third kappa shape index (κ3) is 7.40. The van der Waals surface area contributed by atoms with Gasteiger partial charge in [0.25, 0.3) is 0 Å². The first-order chi connectivity index (χ1) is 24.3. The zero-order valence-electron chi connectivity index (χ0n) is 28.8. The average molecular weight is 681 g/mol. The number of hydrogen-bond donors (Lipinski definition) is 2. The molecule has 1 saturated heterocycles. The van der Waals surface area contributed by atoms with Gasteiger partial charge in [-0.05, 0) is 98.6 Å². The fourth-order valence-electron chi connectivity index (χ4n) is 7.23. The lowest BCUT2D eigenvalue weighted by Crippen LogP contribution is -2.25. The zero-order valence-corrected chi connectivity index (χ0v) is 28.8. The van der Waals surface area contributed by atoms with Crippen LogP contribution >= 0.6 is 0 Å². The summed E-state index contributed by atoms with van der Waals surface area (Å²) >= 11 is 0. The smallest absolute Gasteiger partial charge is 0.237 e. The summed E-state index contributed by atoms with van der Waals surface area (Å²) in [5.74, 6) is 3.26. The molecular weight excluding hydrogens is 635 g/mol. The number of likely N-dealkylation sites (tertiary alicyclic amines) is 1. The summed E-state index contributed by atoms with van der Waals surface area (Å²) in [5, 5.41) is 6.38. The van der Waals surface area contributed by atoms with E-state index in [-0.39, 0.29) is 11.7 Å². The Balaban J connectivity index is 0.000000234. The second-order valence-corrected chi connectivity index (χ2v) is 14.2. The number of aromatic nitrogens is 1. The van der Waals surface area contributed by atoms with Crippen molar-refractivity contribution in [1.82, 2.24) is 9.88 Å². The number of halogens is 1. The highest BCUT2D eigenvalue weighted by Gasteiger charge is 2.58. The lowest BCUT2D eigenvalue weighted by molar-refractivity contribution is -0.126. The van der Waals surface area contributed by atoms with E-state index in [0.29, 0.717) is 53.3 Å². The van der Waals surface area contributed by atoms with E-state index < -0.39 is 11.2 Å². The van der Waals surface area contributed by atoms with Crippen molar-refractivity contribution >= 4 is 34.5 Å². The van der Waals surface area contributed by atoms with Crippen molar-refractivity contribution in [3.05, 3.63) is 78.7 Å². The molecule has 50 heavy (non-hydrogen) atoms. The molecule has 1 aliphatic heterocycles. The minimum Gasteiger partial charge on any atom is -0.493 e. The van der Waals surface area contributed by atoms with E-state index in [1.54, 1.807) is 50.7 Å². The first-order valence-corrected chi connectivity index (χ1v) is 17.7. The van der Waals surface area contributed by atoms with E-state index in [9.17, 15) is 14.0 Å². The molecule has 4 aromatic rings. The zero-order chi connectivity index (χ0) is 34.7. The van der Waals surface area contributed by atoms with Crippen LogP contribution in [0.25, 0.3) is 10.9 Å². The van der Waals surface area contributed by atoms with Crippen molar-refractivity contribution < 1.29 is 28.2 Å². The molecule has 0 bridgehead atoms. The molecule has 3 aromatic carbocycles. The summed E-state index contributed by atoms with van der Waals surface area (Å²) in [6.45, 7) is 4.25. The number of nitrogens with zero attached hydrogens (tertiary/aromatic N) is 2. The standard InChI is InChI=1S/C29H34FN3O3.C11H11NO2/c1-31-20-6-7-26(23(30)14-20)36-25-8-11-32-24-16-28(27(34-2)15-21(24)25)35-13-3-12-33-17-22(19-4-5-19)29(18-33)9-10-29;13-8-11(6-7-11)10(14)12-9-4-2-1-3-5-9/h6-8,11,14-16,19,22,31H,3-5,9-10,12-13,17-18H2,1-2H3;1-5,8H,6-7H2,(H,12,14). The van der Waals surface area contributed by atoms with Crippen LogP contribution in [-0.2, 0) is 9.59 Å². The van der Waals surface area contributed by atoms with Gasteiger partial charge in [-0.3, -0.25) is 9.78 Å². The Kier molecular flexibility index (Phi) is 9.64. The Labute approximate surface area is 292 Å². The number of benzene rings is 3. The number of para-hydroxylation sites is 1. The number of pyridine rings is 1. The van der Waals surface area contributed by atoms with Crippen molar-refractivity contribution in [2.75, 3.05) is 51.0 Å². The first-order valence-electron chi connectivity index (χ1n) is 17.7. The average Bonchev–Trinajstić information content (AvgIpc) is 4.03. The maximum absolute atomic E-state index is 14.5. The molecule has 262 valence electrons. The summed E-state index contributed by atoms with van der Waals surface area (Å²) < 4.78 is 32.2. The molecule has 1 amide bonds. The van der Waals surface area contributed by atoms with Gasteiger partial charge in [-0.2, -0.15) is 0 Å². The molecule has 4 fully saturated rings. The molecule has 1 spiro atoms.